The normalized spacial score (nSPS) is 10.2. The molecule has 3 rings (SSSR count). The number of nitriles is 1. The molecular weight excluding hydrogens is 312 g/mol. The Morgan fingerprint density at radius 1 is 1.04 bits per heavy atom. The van der Waals surface area contributed by atoms with Crippen LogP contribution in [-0.2, 0) is 11.3 Å². The van der Waals surface area contributed by atoms with Crippen LogP contribution in [0.4, 0.5) is 0 Å². The van der Waals surface area contributed by atoms with Crippen LogP contribution in [0.15, 0.2) is 66.7 Å². The first kappa shape index (κ1) is 16.5. The maximum absolute atomic E-state index is 12.4. The molecule has 0 atom stereocenters. The number of hydrogen-bond acceptors (Lipinski definition) is 3. The van der Waals surface area contributed by atoms with E-state index in [0.29, 0.717) is 17.9 Å². The molecule has 0 spiro atoms. The van der Waals surface area contributed by atoms with Crippen LogP contribution in [-0.4, -0.2) is 24.5 Å². The Morgan fingerprint density at radius 2 is 1.76 bits per heavy atom. The number of rotatable bonds is 5. The highest BCUT2D eigenvalue weighted by molar-refractivity contribution is 5.86. The van der Waals surface area contributed by atoms with Gasteiger partial charge in [0.2, 0.25) is 0 Å². The maximum atomic E-state index is 12.4. The standard InChI is InChI=1S/C21H18N2O2/c1-23(14-18-10-6-9-16-7-2-4-11-19(16)18)21(24)15-25-20-12-5-3-8-17(20)13-22/h2-12H,14-15H2,1H3. The third-order valence-electron chi connectivity index (χ3n) is 4.07. The molecule has 0 N–H and O–H groups in total. The van der Waals surface area contributed by atoms with Crippen LogP contribution < -0.4 is 4.74 Å². The molecule has 1 amide bonds. The molecule has 0 fully saturated rings. The molecule has 0 aliphatic rings. The smallest absolute Gasteiger partial charge is 0.260 e. The summed E-state index contributed by atoms with van der Waals surface area (Å²) in [5.74, 6) is 0.289. The van der Waals surface area contributed by atoms with E-state index in [0.717, 1.165) is 16.3 Å². The zero-order chi connectivity index (χ0) is 17.6. The largest absolute Gasteiger partial charge is 0.482 e. The number of para-hydroxylation sites is 1. The number of nitrogens with zero attached hydrogens (tertiary/aromatic N) is 2. The zero-order valence-electron chi connectivity index (χ0n) is 14.0. The lowest BCUT2D eigenvalue weighted by Gasteiger charge is -2.19. The Kier molecular flexibility index (Phi) is 4.96. The second-order valence-electron chi connectivity index (χ2n) is 5.78. The lowest BCUT2D eigenvalue weighted by molar-refractivity contribution is -0.132. The molecule has 3 aromatic carbocycles. The van der Waals surface area contributed by atoms with Gasteiger partial charge in [0, 0.05) is 13.6 Å². The minimum Gasteiger partial charge on any atom is -0.482 e. The maximum Gasteiger partial charge on any atom is 0.260 e. The molecular formula is C21H18N2O2. The summed E-state index contributed by atoms with van der Waals surface area (Å²) < 4.78 is 5.52. The van der Waals surface area contributed by atoms with E-state index < -0.39 is 0 Å². The van der Waals surface area contributed by atoms with E-state index in [9.17, 15) is 4.79 Å². The Morgan fingerprint density at radius 3 is 2.60 bits per heavy atom. The van der Waals surface area contributed by atoms with E-state index in [-0.39, 0.29) is 12.5 Å². The minimum atomic E-state index is -0.138. The lowest BCUT2D eigenvalue weighted by atomic mass is 10.0. The molecule has 0 aliphatic carbocycles. The topological polar surface area (TPSA) is 53.3 Å². The van der Waals surface area contributed by atoms with Crippen LogP contribution >= 0.6 is 0 Å². The highest BCUT2D eigenvalue weighted by atomic mass is 16.5. The number of hydrogen-bond donors (Lipinski definition) is 0. The van der Waals surface area contributed by atoms with Crippen molar-refractivity contribution in [3.8, 4) is 11.8 Å². The van der Waals surface area contributed by atoms with E-state index in [4.69, 9.17) is 10.00 Å². The predicted molar refractivity (Wildman–Crippen MR) is 97.1 cm³/mol. The van der Waals surface area contributed by atoms with Crippen LogP contribution in [0.2, 0.25) is 0 Å². The lowest BCUT2D eigenvalue weighted by Crippen LogP contribution is -2.31. The SMILES string of the molecule is CN(Cc1cccc2ccccc12)C(=O)COc1ccccc1C#N. The van der Waals surface area contributed by atoms with Gasteiger partial charge in [-0.25, -0.2) is 0 Å². The average Bonchev–Trinajstić information content (AvgIpc) is 2.66. The highest BCUT2D eigenvalue weighted by Gasteiger charge is 2.12. The first-order chi connectivity index (χ1) is 12.2. The fourth-order valence-corrected chi connectivity index (χ4v) is 2.71. The average molecular weight is 330 g/mol. The number of amides is 1. The van der Waals surface area contributed by atoms with Crippen molar-refractivity contribution in [2.24, 2.45) is 0 Å². The summed E-state index contributed by atoms with van der Waals surface area (Å²) >= 11 is 0. The summed E-state index contributed by atoms with van der Waals surface area (Å²) in [5, 5.41) is 11.4. The predicted octanol–water partition coefficient (Wildman–Crippen LogP) is 3.75. The van der Waals surface area contributed by atoms with Crippen molar-refractivity contribution < 1.29 is 9.53 Å². The number of likely N-dealkylation sites (N-methyl/N-ethyl adjacent to an activating group) is 1. The van der Waals surface area contributed by atoms with E-state index >= 15 is 0 Å². The summed E-state index contributed by atoms with van der Waals surface area (Å²) in [6.07, 6.45) is 0. The van der Waals surface area contributed by atoms with E-state index in [1.807, 2.05) is 24.3 Å². The molecule has 0 saturated heterocycles. The molecule has 0 aromatic heterocycles. The van der Waals surface area contributed by atoms with Crippen molar-refractivity contribution in [2.45, 2.75) is 6.54 Å². The highest BCUT2D eigenvalue weighted by Crippen LogP contribution is 2.20. The number of carbonyl (C=O) groups is 1. The quantitative estimate of drug-likeness (QED) is 0.716. The Labute approximate surface area is 146 Å². The van der Waals surface area contributed by atoms with Gasteiger partial charge in [-0.05, 0) is 28.5 Å². The fraction of sp³-hybridized carbons (Fsp3) is 0.143. The molecule has 4 nitrogen and oxygen atoms in total. The van der Waals surface area contributed by atoms with Gasteiger partial charge in [-0.3, -0.25) is 4.79 Å². The monoisotopic (exact) mass is 330 g/mol. The van der Waals surface area contributed by atoms with Gasteiger partial charge in [0.05, 0.1) is 5.56 Å². The molecule has 0 heterocycles. The molecule has 25 heavy (non-hydrogen) atoms. The molecule has 0 bridgehead atoms. The van der Waals surface area contributed by atoms with Crippen molar-refractivity contribution in [3.05, 3.63) is 77.9 Å². The van der Waals surface area contributed by atoms with Gasteiger partial charge in [0.15, 0.2) is 6.61 Å². The second kappa shape index (κ2) is 7.50. The Hall–Kier alpha value is -3.32. The van der Waals surface area contributed by atoms with Crippen LogP contribution in [0.1, 0.15) is 11.1 Å². The van der Waals surface area contributed by atoms with Gasteiger partial charge in [-0.1, -0.05) is 54.6 Å². The molecule has 3 aromatic rings. The van der Waals surface area contributed by atoms with Gasteiger partial charge < -0.3 is 9.64 Å². The molecule has 0 aliphatic heterocycles. The number of ether oxygens (including phenoxy) is 1. The first-order valence-electron chi connectivity index (χ1n) is 8.01. The van der Waals surface area contributed by atoms with Crippen molar-refractivity contribution in [1.29, 1.82) is 5.26 Å². The molecule has 124 valence electrons. The summed E-state index contributed by atoms with van der Waals surface area (Å²) in [6.45, 7) is 0.406. The van der Waals surface area contributed by atoms with E-state index in [1.165, 1.54) is 0 Å². The molecule has 0 saturated carbocycles. The van der Waals surface area contributed by atoms with Gasteiger partial charge in [-0.15, -0.1) is 0 Å². The molecule has 4 heteroatoms. The van der Waals surface area contributed by atoms with Gasteiger partial charge in [0.25, 0.3) is 5.91 Å². The van der Waals surface area contributed by atoms with Crippen LogP contribution in [0, 0.1) is 11.3 Å². The van der Waals surface area contributed by atoms with Gasteiger partial charge in [-0.2, -0.15) is 5.26 Å². The molecule has 0 unspecified atom stereocenters. The van der Waals surface area contributed by atoms with Crippen molar-refractivity contribution in [3.63, 3.8) is 0 Å². The second-order valence-corrected chi connectivity index (χ2v) is 5.78. The number of benzene rings is 3. The third-order valence-corrected chi connectivity index (χ3v) is 4.07. The van der Waals surface area contributed by atoms with Crippen LogP contribution in [0.5, 0.6) is 5.75 Å². The Bertz CT molecular complexity index is 939. The number of carbonyl (C=O) groups excluding carboxylic acids is 1. The zero-order valence-corrected chi connectivity index (χ0v) is 14.0. The van der Waals surface area contributed by atoms with Gasteiger partial charge >= 0.3 is 0 Å². The Balaban J connectivity index is 1.67. The molecule has 0 radical (unpaired) electrons. The van der Waals surface area contributed by atoms with Gasteiger partial charge in [0.1, 0.15) is 11.8 Å². The van der Waals surface area contributed by atoms with Crippen LogP contribution in [0.25, 0.3) is 10.8 Å². The summed E-state index contributed by atoms with van der Waals surface area (Å²) in [7, 11) is 1.75. The fourth-order valence-electron chi connectivity index (χ4n) is 2.71. The summed E-state index contributed by atoms with van der Waals surface area (Å²) in [4.78, 5) is 14.0. The minimum absolute atomic E-state index is 0.0973. The van der Waals surface area contributed by atoms with E-state index in [2.05, 4.69) is 24.3 Å². The van der Waals surface area contributed by atoms with Crippen molar-refractivity contribution in [1.82, 2.24) is 4.90 Å². The summed E-state index contributed by atoms with van der Waals surface area (Å²) in [5.41, 5.74) is 1.51. The van der Waals surface area contributed by atoms with E-state index in [1.54, 1.807) is 36.2 Å². The number of fused-ring (bicyclic) bond motifs is 1. The van der Waals surface area contributed by atoms with Crippen molar-refractivity contribution >= 4 is 16.7 Å². The first-order valence-corrected chi connectivity index (χ1v) is 8.01. The van der Waals surface area contributed by atoms with Crippen molar-refractivity contribution in [2.75, 3.05) is 13.7 Å². The van der Waals surface area contributed by atoms with Crippen LogP contribution in [0.3, 0.4) is 0 Å². The third kappa shape index (κ3) is 3.78. The summed E-state index contributed by atoms with van der Waals surface area (Å²) in [6, 6.07) is 23.2.